The van der Waals surface area contributed by atoms with Gasteiger partial charge in [-0.25, -0.2) is 8.42 Å². The number of nitrogens with two attached hydrogens (primary N) is 1. The number of carbonyl (C=O) groups is 1. The highest BCUT2D eigenvalue weighted by Crippen LogP contribution is 2.26. The summed E-state index contributed by atoms with van der Waals surface area (Å²) in [5, 5.41) is 2.89. The number of carbonyl (C=O) groups excluding carboxylic acids is 1. The molecular formula is C18H30ClN3O3S. The molecule has 0 heterocycles. The van der Waals surface area contributed by atoms with E-state index in [2.05, 4.69) is 5.32 Å². The highest BCUT2D eigenvalue weighted by Gasteiger charge is 2.34. The van der Waals surface area contributed by atoms with Crippen LogP contribution in [0, 0.1) is 0 Å². The van der Waals surface area contributed by atoms with Gasteiger partial charge in [0.15, 0.2) is 0 Å². The minimum Gasteiger partial charge on any atom is -0.350 e. The van der Waals surface area contributed by atoms with Crippen molar-refractivity contribution in [1.82, 2.24) is 9.62 Å². The van der Waals surface area contributed by atoms with Crippen LogP contribution in [0.5, 0.6) is 0 Å². The molecule has 0 aliphatic heterocycles. The Balaban J connectivity index is 0.00000338. The van der Waals surface area contributed by atoms with E-state index in [9.17, 15) is 13.2 Å². The second-order valence-corrected chi connectivity index (χ2v) is 8.57. The fourth-order valence-electron chi connectivity index (χ4n) is 3.26. The number of halogens is 1. The number of amides is 1. The zero-order valence-corrected chi connectivity index (χ0v) is 17.2. The smallest absolute Gasteiger partial charge is 0.243 e. The third kappa shape index (κ3) is 5.19. The lowest BCUT2D eigenvalue weighted by atomic mass is 9.82. The van der Waals surface area contributed by atoms with Crippen molar-refractivity contribution < 1.29 is 13.2 Å². The third-order valence-corrected chi connectivity index (χ3v) is 6.98. The van der Waals surface area contributed by atoms with E-state index in [-0.39, 0.29) is 23.2 Å². The van der Waals surface area contributed by atoms with Crippen LogP contribution in [-0.4, -0.2) is 37.3 Å². The van der Waals surface area contributed by atoms with Gasteiger partial charge in [0.2, 0.25) is 15.9 Å². The maximum atomic E-state index is 12.5. The molecule has 1 aromatic carbocycles. The van der Waals surface area contributed by atoms with Gasteiger partial charge in [-0.3, -0.25) is 4.79 Å². The molecule has 0 aromatic heterocycles. The van der Waals surface area contributed by atoms with E-state index in [1.165, 1.54) is 4.31 Å². The number of hydrogen-bond acceptors (Lipinski definition) is 4. The Bertz CT molecular complexity index is 682. The molecule has 148 valence electrons. The molecule has 1 amide bonds. The van der Waals surface area contributed by atoms with Crippen molar-refractivity contribution in [3.05, 3.63) is 29.8 Å². The van der Waals surface area contributed by atoms with Crippen LogP contribution < -0.4 is 11.1 Å². The van der Waals surface area contributed by atoms with Crippen LogP contribution in [-0.2, 0) is 21.4 Å². The summed E-state index contributed by atoms with van der Waals surface area (Å²) < 4.78 is 26.3. The fraction of sp³-hybridized carbons (Fsp3) is 0.611. The number of hydrogen-bond donors (Lipinski definition) is 2. The zero-order chi connectivity index (χ0) is 18.5. The molecule has 1 aliphatic carbocycles. The minimum absolute atomic E-state index is 0. The second-order valence-electron chi connectivity index (χ2n) is 6.63. The molecule has 0 atom stereocenters. The van der Waals surface area contributed by atoms with E-state index in [1.807, 2.05) is 13.8 Å². The maximum absolute atomic E-state index is 12.5. The lowest BCUT2D eigenvalue weighted by Crippen LogP contribution is -2.54. The molecule has 0 spiro atoms. The average molecular weight is 404 g/mol. The summed E-state index contributed by atoms with van der Waals surface area (Å²) in [6, 6.07) is 6.66. The predicted molar refractivity (Wildman–Crippen MR) is 106 cm³/mol. The van der Waals surface area contributed by atoms with E-state index in [1.54, 1.807) is 24.3 Å². The van der Waals surface area contributed by atoms with Crippen molar-refractivity contribution in [3.8, 4) is 0 Å². The fourth-order valence-corrected chi connectivity index (χ4v) is 4.72. The monoisotopic (exact) mass is 403 g/mol. The molecule has 0 radical (unpaired) electrons. The maximum Gasteiger partial charge on any atom is 0.243 e. The first kappa shape index (κ1) is 22.9. The molecular weight excluding hydrogens is 374 g/mol. The van der Waals surface area contributed by atoms with Crippen molar-refractivity contribution >= 4 is 28.3 Å². The predicted octanol–water partition coefficient (Wildman–Crippen LogP) is 2.42. The summed E-state index contributed by atoms with van der Waals surface area (Å²) in [4.78, 5) is 12.6. The van der Waals surface area contributed by atoms with Crippen LogP contribution >= 0.6 is 12.4 Å². The standard InChI is InChI=1S/C18H29N3O3S.ClH/c1-3-21(4-2)25(23,24)16-10-8-15(9-11-16)14-20-17(22)18(19)12-6-5-7-13-18;/h8-11H,3-7,12-14,19H2,1-2H3,(H,20,22);1H. The quantitative estimate of drug-likeness (QED) is 0.731. The van der Waals surface area contributed by atoms with Gasteiger partial charge >= 0.3 is 0 Å². The Morgan fingerprint density at radius 1 is 1.12 bits per heavy atom. The average Bonchev–Trinajstić information content (AvgIpc) is 2.61. The van der Waals surface area contributed by atoms with Crippen molar-refractivity contribution in [2.45, 2.75) is 62.9 Å². The Morgan fingerprint density at radius 3 is 2.15 bits per heavy atom. The van der Waals surface area contributed by atoms with E-state index in [4.69, 9.17) is 5.73 Å². The van der Waals surface area contributed by atoms with Crippen molar-refractivity contribution in [3.63, 3.8) is 0 Å². The molecule has 0 saturated heterocycles. The van der Waals surface area contributed by atoms with Crippen molar-refractivity contribution in [2.24, 2.45) is 5.73 Å². The largest absolute Gasteiger partial charge is 0.350 e. The van der Waals surface area contributed by atoms with Gasteiger partial charge in [-0.2, -0.15) is 4.31 Å². The van der Waals surface area contributed by atoms with Gasteiger partial charge in [-0.15, -0.1) is 12.4 Å². The molecule has 0 unspecified atom stereocenters. The van der Waals surface area contributed by atoms with Crippen LogP contribution in [0.15, 0.2) is 29.2 Å². The normalized spacial score (nSPS) is 16.8. The lowest BCUT2D eigenvalue weighted by molar-refractivity contribution is -0.127. The molecule has 6 nitrogen and oxygen atoms in total. The number of nitrogens with zero attached hydrogens (tertiary/aromatic N) is 1. The molecule has 1 saturated carbocycles. The lowest BCUT2D eigenvalue weighted by Gasteiger charge is -2.31. The first-order valence-electron chi connectivity index (χ1n) is 9.00. The third-order valence-electron chi connectivity index (χ3n) is 4.92. The van der Waals surface area contributed by atoms with Gasteiger partial charge in [0.1, 0.15) is 0 Å². The molecule has 0 bridgehead atoms. The molecule has 1 aliphatic rings. The number of nitrogens with one attached hydrogen (secondary N) is 1. The number of benzene rings is 1. The molecule has 1 aromatic rings. The first-order chi connectivity index (χ1) is 11.8. The first-order valence-corrected chi connectivity index (χ1v) is 10.4. The van der Waals surface area contributed by atoms with Crippen molar-refractivity contribution in [1.29, 1.82) is 0 Å². The van der Waals surface area contributed by atoms with Crippen LogP contribution in [0.25, 0.3) is 0 Å². The summed E-state index contributed by atoms with van der Waals surface area (Å²) in [5.41, 5.74) is 6.31. The second kappa shape index (κ2) is 9.69. The molecule has 1 fully saturated rings. The Kier molecular flexibility index (Phi) is 8.53. The van der Waals surface area contributed by atoms with Gasteiger partial charge in [0.05, 0.1) is 10.4 Å². The summed E-state index contributed by atoms with van der Waals surface area (Å²) in [7, 11) is -3.45. The van der Waals surface area contributed by atoms with Gasteiger partial charge in [0, 0.05) is 19.6 Å². The highest BCUT2D eigenvalue weighted by atomic mass is 35.5. The zero-order valence-electron chi connectivity index (χ0n) is 15.5. The molecule has 26 heavy (non-hydrogen) atoms. The number of sulfonamides is 1. The summed E-state index contributed by atoms with van der Waals surface area (Å²) >= 11 is 0. The van der Waals surface area contributed by atoms with Gasteiger partial charge < -0.3 is 11.1 Å². The van der Waals surface area contributed by atoms with Crippen molar-refractivity contribution in [2.75, 3.05) is 13.1 Å². The van der Waals surface area contributed by atoms with E-state index >= 15 is 0 Å². The Morgan fingerprint density at radius 2 is 1.65 bits per heavy atom. The highest BCUT2D eigenvalue weighted by molar-refractivity contribution is 7.89. The molecule has 8 heteroatoms. The van der Waals surface area contributed by atoms with Crippen LogP contribution in [0.2, 0.25) is 0 Å². The SMILES string of the molecule is CCN(CC)S(=O)(=O)c1ccc(CNC(=O)C2(N)CCCCC2)cc1.Cl. The van der Waals surface area contributed by atoms with E-state index in [0.717, 1.165) is 37.7 Å². The van der Waals surface area contributed by atoms with Crippen LogP contribution in [0.1, 0.15) is 51.5 Å². The Hall–Kier alpha value is -1.15. The van der Waals surface area contributed by atoms with Gasteiger partial charge in [-0.1, -0.05) is 45.2 Å². The van der Waals surface area contributed by atoms with E-state index in [0.29, 0.717) is 19.6 Å². The van der Waals surface area contributed by atoms with E-state index < -0.39 is 15.6 Å². The topological polar surface area (TPSA) is 92.5 Å². The minimum atomic E-state index is -3.45. The summed E-state index contributed by atoms with van der Waals surface area (Å²) in [5.74, 6) is -0.118. The number of rotatable bonds is 7. The van der Waals surface area contributed by atoms with Crippen LogP contribution in [0.3, 0.4) is 0 Å². The van der Waals surface area contributed by atoms with Gasteiger partial charge in [-0.05, 0) is 30.5 Å². The van der Waals surface area contributed by atoms with Crippen LogP contribution in [0.4, 0.5) is 0 Å². The Labute approximate surface area is 163 Å². The molecule has 2 rings (SSSR count). The summed E-state index contributed by atoms with van der Waals surface area (Å²) in [6.07, 6.45) is 4.55. The summed E-state index contributed by atoms with van der Waals surface area (Å²) in [6.45, 7) is 4.87. The van der Waals surface area contributed by atoms with Gasteiger partial charge in [0.25, 0.3) is 0 Å². The molecule has 3 N–H and O–H groups in total.